The maximum absolute atomic E-state index is 13.2. The Morgan fingerprint density at radius 3 is 2.00 bits per heavy atom. The molecule has 0 aliphatic heterocycles. The van der Waals surface area contributed by atoms with E-state index in [1.54, 1.807) is 12.1 Å². The number of ether oxygens (including phenoxy) is 2. The molecule has 9 heteroatoms. The highest BCUT2D eigenvalue weighted by atomic mass is 19.4. The molecule has 0 heterocycles. The quantitative estimate of drug-likeness (QED) is 0.247. The van der Waals surface area contributed by atoms with Crippen LogP contribution >= 0.6 is 0 Å². The molecule has 1 atom stereocenters. The van der Waals surface area contributed by atoms with Gasteiger partial charge in [0.15, 0.2) is 0 Å². The summed E-state index contributed by atoms with van der Waals surface area (Å²) in [4.78, 5) is 25.4. The third kappa shape index (κ3) is 7.16. The van der Waals surface area contributed by atoms with Crippen LogP contribution in [0.5, 0.6) is 11.5 Å². The second-order valence-corrected chi connectivity index (χ2v) is 8.60. The SMILES string of the molecule is COC(=O)CC(NC(=O)c1cc(-c2ccc(OC(F)(F)F)cc2)ccc1O)c1ccc(-c2ccccc2)cc1. The molecule has 0 fully saturated rings. The molecule has 0 saturated carbocycles. The van der Waals surface area contributed by atoms with E-state index in [0.29, 0.717) is 16.7 Å². The van der Waals surface area contributed by atoms with Crippen LogP contribution in [0, 0.1) is 0 Å². The molecule has 0 radical (unpaired) electrons. The van der Waals surface area contributed by atoms with Gasteiger partial charge in [0.05, 0.1) is 25.1 Å². The first-order valence-electron chi connectivity index (χ1n) is 11.9. The van der Waals surface area contributed by atoms with Crippen LogP contribution in [0.3, 0.4) is 0 Å². The van der Waals surface area contributed by atoms with Crippen molar-refractivity contribution in [3.63, 3.8) is 0 Å². The smallest absolute Gasteiger partial charge is 0.507 e. The molecule has 4 rings (SSSR count). The molecule has 1 unspecified atom stereocenters. The molecular formula is C30H24F3NO5. The summed E-state index contributed by atoms with van der Waals surface area (Å²) in [5.74, 6) is -1.87. The topological polar surface area (TPSA) is 84.9 Å². The van der Waals surface area contributed by atoms with Crippen LogP contribution in [-0.2, 0) is 9.53 Å². The minimum atomic E-state index is -4.81. The lowest BCUT2D eigenvalue weighted by Gasteiger charge is -2.19. The average Bonchev–Trinajstić information content (AvgIpc) is 2.93. The van der Waals surface area contributed by atoms with Gasteiger partial charge in [0, 0.05) is 0 Å². The molecule has 0 aromatic heterocycles. The number of nitrogens with one attached hydrogen (secondary N) is 1. The summed E-state index contributed by atoms with van der Waals surface area (Å²) in [5.41, 5.74) is 3.54. The number of aromatic hydroxyl groups is 1. The Hall–Kier alpha value is -4.79. The number of hydrogen-bond acceptors (Lipinski definition) is 5. The summed E-state index contributed by atoms with van der Waals surface area (Å²) >= 11 is 0. The molecule has 0 aliphatic rings. The fourth-order valence-electron chi connectivity index (χ4n) is 4.02. The number of phenolic OH excluding ortho intramolecular Hbond substituents is 1. The van der Waals surface area contributed by atoms with E-state index in [4.69, 9.17) is 4.74 Å². The highest BCUT2D eigenvalue weighted by Gasteiger charge is 2.31. The number of carbonyl (C=O) groups is 2. The summed E-state index contributed by atoms with van der Waals surface area (Å²) in [6.45, 7) is 0. The van der Waals surface area contributed by atoms with Gasteiger partial charge in [-0.3, -0.25) is 9.59 Å². The zero-order chi connectivity index (χ0) is 28.0. The van der Waals surface area contributed by atoms with Gasteiger partial charge < -0.3 is 19.9 Å². The van der Waals surface area contributed by atoms with Crippen LogP contribution in [0.15, 0.2) is 97.1 Å². The third-order valence-electron chi connectivity index (χ3n) is 5.99. The standard InChI is InChI=1S/C30H24F3NO5/c1-38-28(36)18-26(22-9-7-20(8-10-22)19-5-3-2-4-6-19)34-29(37)25-17-23(13-16-27(25)35)21-11-14-24(15-12-21)39-30(31,32)33/h2-17,26,35H,18H2,1H3,(H,34,37). The second kappa shape index (κ2) is 11.7. The van der Waals surface area contributed by atoms with Gasteiger partial charge in [0.2, 0.25) is 0 Å². The van der Waals surface area contributed by atoms with E-state index in [0.717, 1.165) is 23.3 Å². The lowest BCUT2D eigenvalue weighted by molar-refractivity contribution is -0.274. The fourth-order valence-corrected chi connectivity index (χ4v) is 4.02. The summed E-state index contributed by atoms with van der Waals surface area (Å²) in [6, 6.07) is 25.7. The Morgan fingerprint density at radius 2 is 1.38 bits per heavy atom. The van der Waals surface area contributed by atoms with Crippen molar-refractivity contribution in [2.24, 2.45) is 0 Å². The zero-order valence-electron chi connectivity index (χ0n) is 20.7. The molecule has 2 N–H and O–H groups in total. The van der Waals surface area contributed by atoms with Gasteiger partial charge in [-0.2, -0.15) is 0 Å². The predicted octanol–water partition coefficient (Wildman–Crippen LogP) is 6.66. The summed E-state index contributed by atoms with van der Waals surface area (Å²) in [5, 5.41) is 13.2. The molecule has 1 amide bonds. The van der Waals surface area contributed by atoms with Gasteiger partial charge in [-0.05, 0) is 52.1 Å². The van der Waals surface area contributed by atoms with Crippen LogP contribution in [-0.4, -0.2) is 30.5 Å². The number of phenols is 1. The van der Waals surface area contributed by atoms with Crippen LogP contribution in [0.25, 0.3) is 22.3 Å². The number of alkyl halides is 3. The zero-order valence-corrected chi connectivity index (χ0v) is 20.7. The van der Waals surface area contributed by atoms with Gasteiger partial charge in [0.25, 0.3) is 5.91 Å². The highest BCUT2D eigenvalue weighted by Crippen LogP contribution is 2.30. The summed E-state index contributed by atoms with van der Waals surface area (Å²) in [6.07, 6.45) is -4.96. The molecule has 6 nitrogen and oxygen atoms in total. The molecule has 4 aromatic carbocycles. The number of carbonyl (C=O) groups excluding carboxylic acids is 2. The molecular weight excluding hydrogens is 511 g/mol. The normalized spacial score (nSPS) is 11.9. The molecule has 0 bridgehead atoms. The first-order valence-corrected chi connectivity index (χ1v) is 11.9. The van der Waals surface area contributed by atoms with E-state index < -0.39 is 24.3 Å². The summed E-state index contributed by atoms with van der Waals surface area (Å²) in [7, 11) is 1.25. The van der Waals surface area contributed by atoms with Crippen molar-refractivity contribution in [3.05, 3.63) is 108 Å². The van der Waals surface area contributed by atoms with Crippen LogP contribution in [0.4, 0.5) is 13.2 Å². The maximum Gasteiger partial charge on any atom is 0.573 e. The Kier molecular flexibility index (Phi) is 8.19. The molecule has 39 heavy (non-hydrogen) atoms. The molecule has 0 saturated heterocycles. The molecule has 0 spiro atoms. The summed E-state index contributed by atoms with van der Waals surface area (Å²) < 4.78 is 46.1. The van der Waals surface area contributed by atoms with Crippen molar-refractivity contribution < 1.29 is 37.3 Å². The number of hydrogen-bond donors (Lipinski definition) is 2. The number of amides is 1. The lowest BCUT2D eigenvalue weighted by atomic mass is 9.98. The van der Waals surface area contributed by atoms with Crippen molar-refractivity contribution in [3.8, 4) is 33.8 Å². The van der Waals surface area contributed by atoms with Crippen molar-refractivity contribution in [2.75, 3.05) is 7.11 Å². The number of halogens is 3. The van der Waals surface area contributed by atoms with E-state index in [1.807, 2.05) is 42.5 Å². The Morgan fingerprint density at radius 1 is 0.821 bits per heavy atom. The van der Waals surface area contributed by atoms with Gasteiger partial charge in [0.1, 0.15) is 11.5 Å². The van der Waals surface area contributed by atoms with Crippen LogP contribution < -0.4 is 10.1 Å². The lowest BCUT2D eigenvalue weighted by Crippen LogP contribution is -2.30. The van der Waals surface area contributed by atoms with Crippen LogP contribution in [0.1, 0.15) is 28.4 Å². The van der Waals surface area contributed by atoms with Crippen molar-refractivity contribution >= 4 is 11.9 Å². The van der Waals surface area contributed by atoms with Gasteiger partial charge in [-0.25, -0.2) is 0 Å². The van der Waals surface area contributed by atoms with Crippen molar-refractivity contribution in [1.29, 1.82) is 0 Å². The van der Waals surface area contributed by atoms with E-state index >= 15 is 0 Å². The van der Waals surface area contributed by atoms with Gasteiger partial charge in [-0.1, -0.05) is 72.8 Å². The predicted molar refractivity (Wildman–Crippen MR) is 139 cm³/mol. The number of methoxy groups -OCH3 is 1. The first kappa shape index (κ1) is 27.3. The first-order chi connectivity index (χ1) is 18.6. The third-order valence-corrected chi connectivity index (χ3v) is 5.99. The minimum Gasteiger partial charge on any atom is -0.507 e. The maximum atomic E-state index is 13.2. The van der Waals surface area contributed by atoms with E-state index in [2.05, 4.69) is 10.1 Å². The van der Waals surface area contributed by atoms with Crippen molar-refractivity contribution in [2.45, 2.75) is 18.8 Å². The Bertz CT molecular complexity index is 1440. The molecule has 0 aliphatic carbocycles. The minimum absolute atomic E-state index is 0.0705. The monoisotopic (exact) mass is 535 g/mol. The largest absolute Gasteiger partial charge is 0.573 e. The highest BCUT2D eigenvalue weighted by molar-refractivity contribution is 5.98. The van der Waals surface area contributed by atoms with E-state index in [9.17, 15) is 27.9 Å². The van der Waals surface area contributed by atoms with E-state index in [-0.39, 0.29) is 23.5 Å². The van der Waals surface area contributed by atoms with Gasteiger partial charge >= 0.3 is 12.3 Å². The number of rotatable bonds is 8. The Balaban J connectivity index is 1.57. The fraction of sp³-hybridized carbons (Fsp3) is 0.133. The van der Waals surface area contributed by atoms with Gasteiger partial charge in [-0.15, -0.1) is 13.2 Å². The van der Waals surface area contributed by atoms with Crippen molar-refractivity contribution in [1.82, 2.24) is 5.32 Å². The van der Waals surface area contributed by atoms with Crippen LogP contribution in [0.2, 0.25) is 0 Å². The Labute approximate surface area is 222 Å². The molecule has 200 valence electrons. The molecule has 4 aromatic rings. The number of benzene rings is 4. The number of esters is 1. The van der Waals surface area contributed by atoms with E-state index in [1.165, 1.54) is 37.4 Å². The second-order valence-electron chi connectivity index (χ2n) is 8.60. The average molecular weight is 536 g/mol.